The van der Waals surface area contributed by atoms with Gasteiger partial charge in [0.1, 0.15) is 11.4 Å². The maximum Gasteiger partial charge on any atom is 0.152 e. The molecule has 66 valence electrons. The first-order chi connectivity index (χ1) is 6.28. The van der Waals surface area contributed by atoms with Gasteiger partial charge >= 0.3 is 0 Å². The lowest BCUT2D eigenvalue weighted by molar-refractivity contribution is 0.125. The van der Waals surface area contributed by atoms with Crippen LogP contribution in [0, 0.1) is 0 Å². The molecule has 0 saturated heterocycles. The van der Waals surface area contributed by atoms with Gasteiger partial charge in [-0.25, -0.2) is 0 Å². The van der Waals surface area contributed by atoms with Crippen LogP contribution in [0.15, 0.2) is 28.9 Å². The maximum atomic E-state index is 9.79. The standard InChI is InChI=1S/C10H9NO2/c12-10(2-3-10)9-5-7-1-4-11-6-8(7)13-9/h1,4-6,12H,2-3H2. The van der Waals surface area contributed by atoms with E-state index < -0.39 is 5.60 Å². The summed E-state index contributed by atoms with van der Waals surface area (Å²) in [6.45, 7) is 0. The molecule has 1 aliphatic carbocycles. The lowest BCUT2D eigenvalue weighted by Gasteiger charge is -1.99. The molecule has 0 spiro atoms. The van der Waals surface area contributed by atoms with Gasteiger partial charge in [-0.15, -0.1) is 0 Å². The highest BCUT2D eigenvalue weighted by Gasteiger charge is 2.45. The highest BCUT2D eigenvalue weighted by molar-refractivity contribution is 5.76. The number of fused-ring (bicyclic) bond motifs is 1. The molecule has 2 heterocycles. The van der Waals surface area contributed by atoms with E-state index in [9.17, 15) is 5.11 Å². The monoisotopic (exact) mass is 175 g/mol. The predicted molar refractivity (Wildman–Crippen MR) is 47.1 cm³/mol. The molecule has 2 aromatic heterocycles. The van der Waals surface area contributed by atoms with Crippen LogP contribution in [-0.4, -0.2) is 10.1 Å². The Labute approximate surface area is 75.0 Å². The Morgan fingerprint density at radius 1 is 1.46 bits per heavy atom. The summed E-state index contributed by atoms with van der Waals surface area (Å²) in [4.78, 5) is 3.95. The Kier molecular flexibility index (Phi) is 1.15. The normalized spacial score (nSPS) is 19.2. The summed E-state index contributed by atoms with van der Waals surface area (Å²) in [6.07, 6.45) is 5.00. The number of hydrogen-bond donors (Lipinski definition) is 1. The van der Waals surface area contributed by atoms with Gasteiger partial charge in [0.2, 0.25) is 0 Å². The average molecular weight is 175 g/mol. The van der Waals surface area contributed by atoms with Crippen molar-refractivity contribution in [3.8, 4) is 0 Å². The van der Waals surface area contributed by atoms with Gasteiger partial charge in [-0.2, -0.15) is 0 Å². The van der Waals surface area contributed by atoms with E-state index in [2.05, 4.69) is 4.98 Å². The summed E-state index contributed by atoms with van der Waals surface area (Å²) in [5.41, 5.74) is 0.0665. The van der Waals surface area contributed by atoms with Gasteiger partial charge in [0, 0.05) is 11.6 Å². The Hall–Kier alpha value is -1.35. The van der Waals surface area contributed by atoms with Crippen LogP contribution in [0.2, 0.25) is 0 Å². The third kappa shape index (κ3) is 0.971. The molecule has 0 aromatic carbocycles. The molecule has 2 aromatic rings. The lowest BCUT2D eigenvalue weighted by atomic mass is 10.2. The zero-order valence-electron chi connectivity index (χ0n) is 7.03. The van der Waals surface area contributed by atoms with E-state index in [-0.39, 0.29) is 0 Å². The summed E-state index contributed by atoms with van der Waals surface area (Å²) in [6, 6.07) is 3.78. The third-order valence-corrected chi connectivity index (χ3v) is 2.51. The molecule has 0 atom stereocenters. The second kappa shape index (κ2) is 2.12. The van der Waals surface area contributed by atoms with Crippen LogP contribution in [0.25, 0.3) is 11.0 Å². The second-order valence-corrected chi connectivity index (χ2v) is 3.56. The third-order valence-electron chi connectivity index (χ3n) is 2.51. The molecule has 0 amide bonds. The molecule has 13 heavy (non-hydrogen) atoms. The Morgan fingerprint density at radius 2 is 2.31 bits per heavy atom. The van der Waals surface area contributed by atoms with Crippen LogP contribution < -0.4 is 0 Å². The molecule has 0 bridgehead atoms. The number of aliphatic hydroxyl groups is 1. The van der Waals surface area contributed by atoms with E-state index in [0.717, 1.165) is 23.8 Å². The van der Waals surface area contributed by atoms with Crippen LogP contribution in [0.1, 0.15) is 18.6 Å². The SMILES string of the molecule is OC1(c2cc3ccncc3o2)CC1. The zero-order chi connectivity index (χ0) is 8.89. The summed E-state index contributed by atoms with van der Waals surface area (Å²) in [5, 5.41) is 10.8. The van der Waals surface area contributed by atoms with Gasteiger partial charge in [-0.3, -0.25) is 4.98 Å². The average Bonchev–Trinajstić information content (AvgIpc) is 2.76. The van der Waals surface area contributed by atoms with E-state index in [1.165, 1.54) is 0 Å². The first-order valence-electron chi connectivity index (χ1n) is 4.34. The highest BCUT2D eigenvalue weighted by atomic mass is 16.4. The summed E-state index contributed by atoms with van der Waals surface area (Å²) < 4.78 is 5.48. The van der Waals surface area contributed by atoms with Crippen molar-refractivity contribution in [3.05, 3.63) is 30.3 Å². The van der Waals surface area contributed by atoms with Crippen molar-refractivity contribution in [2.75, 3.05) is 0 Å². The Balaban J connectivity index is 2.22. The first-order valence-corrected chi connectivity index (χ1v) is 4.34. The van der Waals surface area contributed by atoms with Gasteiger partial charge < -0.3 is 9.52 Å². The van der Waals surface area contributed by atoms with E-state index in [4.69, 9.17) is 4.42 Å². The molecule has 0 unspecified atom stereocenters. The molecule has 1 saturated carbocycles. The smallest absolute Gasteiger partial charge is 0.152 e. The van der Waals surface area contributed by atoms with E-state index >= 15 is 0 Å². The van der Waals surface area contributed by atoms with Crippen LogP contribution in [0.4, 0.5) is 0 Å². The molecule has 1 aliphatic rings. The van der Waals surface area contributed by atoms with Crippen molar-refractivity contribution >= 4 is 11.0 Å². The number of rotatable bonds is 1. The number of nitrogens with zero attached hydrogens (tertiary/aromatic N) is 1. The van der Waals surface area contributed by atoms with E-state index in [1.807, 2.05) is 12.1 Å². The van der Waals surface area contributed by atoms with E-state index in [0.29, 0.717) is 5.76 Å². The minimum Gasteiger partial charge on any atom is -0.456 e. The van der Waals surface area contributed by atoms with Gasteiger partial charge in [0.05, 0.1) is 6.20 Å². The highest BCUT2D eigenvalue weighted by Crippen LogP contribution is 2.46. The minimum atomic E-state index is -0.682. The maximum absolute atomic E-state index is 9.79. The largest absolute Gasteiger partial charge is 0.456 e. The predicted octanol–water partition coefficient (Wildman–Crippen LogP) is 1.81. The molecular formula is C10H9NO2. The molecular weight excluding hydrogens is 166 g/mol. The molecule has 3 nitrogen and oxygen atoms in total. The molecule has 3 rings (SSSR count). The van der Waals surface area contributed by atoms with Crippen LogP contribution in [-0.2, 0) is 5.60 Å². The topological polar surface area (TPSA) is 46.3 Å². The van der Waals surface area contributed by atoms with Crippen LogP contribution in [0.5, 0.6) is 0 Å². The van der Waals surface area contributed by atoms with Gasteiger partial charge in [0.15, 0.2) is 5.58 Å². The molecule has 3 heteroatoms. The van der Waals surface area contributed by atoms with Crippen LogP contribution >= 0.6 is 0 Å². The van der Waals surface area contributed by atoms with Gasteiger partial charge in [-0.05, 0) is 25.0 Å². The molecule has 0 aliphatic heterocycles. The summed E-state index contributed by atoms with van der Waals surface area (Å²) >= 11 is 0. The van der Waals surface area contributed by atoms with Crippen molar-refractivity contribution in [3.63, 3.8) is 0 Å². The fourth-order valence-electron chi connectivity index (χ4n) is 1.48. The molecule has 1 fully saturated rings. The summed E-state index contributed by atoms with van der Waals surface area (Å²) in [7, 11) is 0. The lowest BCUT2D eigenvalue weighted by Crippen LogP contribution is -2.00. The van der Waals surface area contributed by atoms with Crippen molar-refractivity contribution < 1.29 is 9.52 Å². The molecule has 0 radical (unpaired) electrons. The van der Waals surface area contributed by atoms with Crippen molar-refractivity contribution in [1.82, 2.24) is 4.98 Å². The van der Waals surface area contributed by atoms with Gasteiger partial charge in [-0.1, -0.05) is 0 Å². The summed E-state index contributed by atoms with van der Waals surface area (Å²) in [5.74, 6) is 0.676. The first kappa shape index (κ1) is 7.09. The Morgan fingerprint density at radius 3 is 3.00 bits per heavy atom. The fourth-order valence-corrected chi connectivity index (χ4v) is 1.48. The number of furan rings is 1. The van der Waals surface area contributed by atoms with E-state index in [1.54, 1.807) is 12.4 Å². The van der Waals surface area contributed by atoms with Gasteiger partial charge in [0.25, 0.3) is 0 Å². The number of hydrogen-bond acceptors (Lipinski definition) is 3. The second-order valence-electron chi connectivity index (χ2n) is 3.56. The molecule has 1 N–H and O–H groups in total. The number of pyridine rings is 1. The van der Waals surface area contributed by atoms with Crippen molar-refractivity contribution in [1.29, 1.82) is 0 Å². The minimum absolute atomic E-state index is 0.676. The van der Waals surface area contributed by atoms with Crippen LogP contribution in [0.3, 0.4) is 0 Å². The number of aromatic nitrogens is 1. The quantitative estimate of drug-likeness (QED) is 0.718. The van der Waals surface area contributed by atoms with Crippen molar-refractivity contribution in [2.24, 2.45) is 0 Å². The zero-order valence-corrected chi connectivity index (χ0v) is 7.03. The fraction of sp³-hybridized carbons (Fsp3) is 0.300. The Bertz CT molecular complexity index is 424. The van der Waals surface area contributed by atoms with Crippen molar-refractivity contribution in [2.45, 2.75) is 18.4 Å².